The van der Waals surface area contributed by atoms with Crippen LogP contribution in [0.25, 0.3) is 11.0 Å². The van der Waals surface area contributed by atoms with Gasteiger partial charge >= 0.3 is 0 Å². The van der Waals surface area contributed by atoms with Gasteiger partial charge in [-0.2, -0.15) is 0 Å². The van der Waals surface area contributed by atoms with Crippen LogP contribution in [0.2, 0.25) is 0 Å². The third kappa shape index (κ3) is 2.81. The fourth-order valence-corrected chi connectivity index (χ4v) is 3.96. The van der Waals surface area contributed by atoms with Crippen molar-refractivity contribution in [3.63, 3.8) is 0 Å². The summed E-state index contributed by atoms with van der Waals surface area (Å²) in [7, 11) is 0. The Balaban J connectivity index is 1.62. The van der Waals surface area contributed by atoms with E-state index in [2.05, 4.69) is 40.3 Å². The van der Waals surface area contributed by atoms with E-state index in [0.29, 0.717) is 29.2 Å². The molecule has 0 spiro atoms. The first-order valence-corrected chi connectivity index (χ1v) is 8.97. The molecule has 1 fully saturated rings. The van der Waals surface area contributed by atoms with Crippen LogP contribution < -0.4 is 5.56 Å². The number of nitrogens with one attached hydrogen (secondary N) is 2. The van der Waals surface area contributed by atoms with E-state index in [1.807, 2.05) is 17.9 Å². The Morgan fingerprint density at radius 2 is 2.00 bits per heavy atom. The van der Waals surface area contributed by atoms with Gasteiger partial charge in [0.05, 0.1) is 5.39 Å². The van der Waals surface area contributed by atoms with Crippen molar-refractivity contribution in [2.45, 2.75) is 32.6 Å². The number of aryl methyl sites for hydroxylation is 2. The molecule has 3 aromatic rings. The first-order chi connectivity index (χ1) is 12.5. The molecule has 6 nitrogen and oxygen atoms in total. The zero-order chi connectivity index (χ0) is 18.3. The first-order valence-electron chi connectivity index (χ1n) is 8.97. The summed E-state index contributed by atoms with van der Waals surface area (Å²) in [6.07, 6.45) is 2.07. The summed E-state index contributed by atoms with van der Waals surface area (Å²) in [6.45, 7) is 5.39. The summed E-state index contributed by atoms with van der Waals surface area (Å²) < 4.78 is 0. The van der Waals surface area contributed by atoms with Crippen molar-refractivity contribution in [1.82, 2.24) is 20.1 Å². The summed E-state index contributed by atoms with van der Waals surface area (Å²) in [6, 6.07) is 10.1. The molecule has 1 aliphatic rings. The summed E-state index contributed by atoms with van der Waals surface area (Å²) in [5.41, 5.74) is 3.96. The molecule has 0 saturated carbocycles. The topological polar surface area (TPSA) is 81.9 Å². The van der Waals surface area contributed by atoms with Crippen molar-refractivity contribution in [1.29, 1.82) is 0 Å². The Labute approximate surface area is 151 Å². The second-order valence-corrected chi connectivity index (χ2v) is 7.07. The number of nitrogens with zero attached hydrogens (tertiary/aromatic N) is 2. The van der Waals surface area contributed by atoms with E-state index in [4.69, 9.17) is 0 Å². The average molecular weight is 350 g/mol. The van der Waals surface area contributed by atoms with E-state index in [1.165, 1.54) is 11.1 Å². The van der Waals surface area contributed by atoms with Crippen LogP contribution >= 0.6 is 0 Å². The molecule has 4 rings (SSSR count). The van der Waals surface area contributed by atoms with Gasteiger partial charge in [-0.15, -0.1) is 0 Å². The van der Waals surface area contributed by atoms with Gasteiger partial charge < -0.3 is 4.90 Å². The van der Waals surface area contributed by atoms with Gasteiger partial charge in [0.1, 0.15) is 5.69 Å². The lowest BCUT2D eigenvalue weighted by Crippen LogP contribution is -2.39. The average Bonchev–Trinajstić information content (AvgIpc) is 3.03. The van der Waals surface area contributed by atoms with Crippen LogP contribution in [0.4, 0.5) is 0 Å². The minimum absolute atomic E-state index is 0.0738. The van der Waals surface area contributed by atoms with E-state index in [9.17, 15) is 9.59 Å². The lowest BCUT2D eigenvalue weighted by atomic mass is 9.88. The van der Waals surface area contributed by atoms with Crippen molar-refractivity contribution < 1.29 is 4.79 Å². The number of aromatic amines is 2. The van der Waals surface area contributed by atoms with Crippen molar-refractivity contribution >= 4 is 16.9 Å². The summed E-state index contributed by atoms with van der Waals surface area (Å²) in [5, 5.41) is 5.79. The number of hydrogen-bond donors (Lipinski definition) is 2. The number of likely N-dealkylation sites (tertiary alicyclic amines) is 1. The van der Waals surface area contributed by atoms with Crippen LogP contribution in [0.15, 0.2) is 35.1 Å². The maximum absolute atomic E-state index is 13.0. The van der Waals surface area contributed by atoms with Crippen LogP contribution in [-0.2, 0) is 0 Å². The highest BCUT2D eigenvalue weighted by Crippen LogP contribution is 2.29. The molecule has 0 aliphatic carbocycles. The quantitative estimate of drug-likeness (QED) is 0.745. The summed E-state index contributed by atoms with van der Waals surface area (Å²) >= 11 is 0. The molecule has 1 saturated heterocycles. The van der Waals surface area contributed by atoms with Crippen LogP contribution in [-0.4, -0.2) is 39.1 Å². The van der Waals surface area contributed by atoms with Crippen LogP contribution in [0.3, 0.4) is 0 Å². The monoisotopic (exact) mass is 350 g/mol. The molecule has 0 bridgehead atoms. The van der Waals surface area contributed by atoms with Crippen LogP contribution in [0, 0.1) is 13.8 Å². The van der Waals surface area contributed by atoms with Crippen molar-refractivity contribution in [3.05, 3.63) is 63.1 Å². The molecule has 0 unspecified atom stereocenters. The number of hydrogen-bond acceptors (Lipinski definition) is 3. The van der Waals surface area contributed by atoms with E-state index >= 15 is 0 Å². The van der Waals surface area contributed by atoms with E-state index in [-0.39, 0.29) is 11.5 Å². The van der Waals surface area contributed by atoms with Crippen LogP contribution in [0.1, 0.15) is 45.9 Å². The molecule has 1 amide bonds. The van der Waals surface area contributed by atoms with Gasteiger partial charge in [-0.05, 0) is 49.4 Å². The number of carbonyl (C=O) groups is 1. The molecule has 1 aromatic carbocycles. The number of rotatable bonds is 2. The Morgan fingerprint density at radius 1 is 1.19 bits per heavy atom. The van der Waals surface area contributed by atoms with Gasteiger partial charge in [-0.25, -0.2) is 4.98 Å². The molecule has 134 valence electrons. The largest absolute Gasteiger partial charge is 0.337 e. The van der Waals surface area contributed by atoms with Gasteiger partial charge in [0.15, 0.2) is 5.65 Å². The second-order valence-electron chi connectivity index (χ2n) is 7.07. The highest BCUT2D eigenvalue weighted by atomic mass is 16.2. The third-order valence-electron chi connectivity index (χ3n) is 5.29. The Hall–Kier alpha value is -2.89. The molecule has 3 heterocycles. The number of pyridine rings is 1. The third-order valence-corrected chi connectivity index (χ3v) is 5.29. The maximum atomic E-state index is 13.0. The number of benzene rings is 1. The van der Waals surface area contributed by atoms with Crippen molar-refractivity contribution in [2.75, 3.05) is 13.1 Å². The molecule has 2 N–H and O–H groups in total. The standard InChI is InChI=1S/C20H22N4O2/c1-12-6-3-4-8-15(12)14-7-5-9-24(11-14)20(26)16-10-13(2)17-18(21-16)22-23-19(17)25/h3-4,6,8,10,14H,5,7,9,11H2,1-2H3,(H2,21,22,23,25)/t14-/m1/s1. The first kappa shape index (κ1) is 16.6. The molecule has 26 heavy (non-hydrogen) atoms. The van der Waals surface area contributed by atoms with Crippen LogP contribution in [0.5, 0.6) is 0 Å². The van der Waals surface area contributed by atoms with Gasteiger partial charge in [0, 0.05) is 19.0 Å². The summed E-state index contributed by atoms with van der Waals surface area (Å²) in [4.78, 5) is 31.1. The molecule has 1 atom stereocenters. The highest BCUT2D eigenvalue weighted by molar-refractivity contribution is 5.95. The fourth-order valence-electron chi connectivity index (χ4n) is 3.96. The molecular formula is C20H22N4O2. The van der Waals surface area contributed by atoms with Gasteiger partial charge in [0.25, 0.3) is 11.5 Å². The lowest BCUT2D eigenvalue weighted by molar-refractivity contribution is 0.0701. The second kappa shape index (κ2) is 6.44. The zero-order valence-corrected chi connectivity index (χ0v) is 15.0. The zero-order valence-electron chi connectivity index (χ0n) is 15.0. The minimum atomic E-state index is -0.207. The number of fused-ring (bicyclic) bond motifs is 1. The maximum Gasteiger partial charge on any atom is 0.273 e. The SMILES string of the molecule is Cc1ccccc1[C@@H]1CCCN(C(=O)c2cc(C)c3c(=O)[nH][nH]c3n2)C1. The number of amides is 1. The molecule has 6 heteroatoms. The van der Waals surface area contributed by atoms with E-state index in [1.54, 1.807) is 6.07 Å². The normalized spacial score (nSPS) is 17.6. The highest BCUT2D eigenvalue weighted by Gasteiger charge is 2.27. The number of carbonyl (C=O) groups excluding carboxylic acids is 1. The number of piperidine rings is 1. The van der Waals surface area contributed by atoms with E-state index in [0.717, 1.165) is 24.9 Å². The fraction of sp³-hybridized carbons (Fsp3) is 0.350. The molecule has 1 aliphatic heterocycles. The smallest absolute Gasteiger partial charge is 0.273 e. The lowest BCUT2D eigenvalue weighted by Gasteiger charge is -2.33. The minimum Gasteiger partial charge on any atom is -0.337 e. The molecular weight excluding hydrogens is 328 g/mol. The van der Waals surface area contributed by atoms with Gasteiger partial charge in [-0.3, -0.25) is 19.8 Å². The number of aromatic nitrogens is 3. The number of H-pyrrole nitrogens is 2. The Bertz CT molecular complexity index is 1030. The van der Waals surface area contributed by atoms with Crippen molar-refractivity contribution in [3.8, 4) is 0 Å². The molecule has 0 radical (unpaired) electrons. The Morgan fingerprint density at radius 3 is 2.81 bits per heavy atom. The van der Waals surface area contributed by atoms with Crippen molar-refractivity contribution in [2.24, 2.45) is 0 Å². The Kier molecular flexibility index (Phi) is 4.11. The van der Waals surface area contributed by atoms with Gasteiger partial charge in [-0.1, -0.05) is 24.3 Å². The molecule has 2 aromatic heterocycles. The summed E-state index contributed by atoms with van der Waals surface area (Å²) in [5.74, 6) is 0.279. The predicted molar refractivity (Wildman–Crippen MR) is 101 cm³/mol. The predicted octanol–water partition coefficient (Wildman–Crippen LogP) is 2.89. The van der Waals surface area contributed by atoms with Gasteiger partial charge in [0.2, 0.25) is 0 Å². The van der Waals surface area contributed by atoms with E-state index < -0.39 is 0 Å².